The van der Waals surface area contributed by atoms with Gasteiger partial charge in [0.15, 0.2) is 11.0 Å². The fourth-order valence-electron chi connectivity index (χ4n) is 1.07. The average Bonchev–Trinajstić information content (AvgIpc) is 2.21. The summed E-state index contributed by atoms with van der Waals surface area (Å²) in [6.45, 7) is 0. The maximum atomic E-state index is 13.4. The fraction of sp³-hybridized carbons (Fsp3) is 0. The van der Waals surface area contributed by atoms with Crippen LogP contribution < -0.4 is 11.3 Å². The van der Waals surface area contributed by atoms with Crippen molar-refractivity contribution in [1.82, 2.24) is 15.0 Å². The zero-order valence-electron chi connectivity index (χ0n) is 8.28. The van der Waals surface area contributed by atoms with E-state index >= 15 is 0 Å². The second-order valence-electron chi connectivity index (χ2n) is 3.02. The number of nitrogen functional groups attached to an aromatic ring is 1. The van der Waals surface area contributed by atoms with Crippen molar-refractivity contribution < 1.29 is 4.39 Å². The number of nitrogens with two attached hydrogens (primary N) is 1. The molecule has 0 amide bonds. The number of rotatable bonds is 2. The Kier molecular flexibility index (Phi) is 3.30. The normalized spacial score (nSPS) is 10.5. The van der Waals surface area contributed by atoms with Crippen LogP contribution in [0.2, 0.25) is 5.02 Å². The van der Waals surface area contributed by atoms with Gasteiger partial charge in [-0.25, -0.2) is 14.4 Å². The largest absolute Gasteiger partial charge is 0.383 e. The fourth-order valence-corrected chi connectivity index (χ4v) is 1.96. The minimum atomic E-state index is -0.590. The summed E-state index contributed by atoms with van der Waals surface area (Å²) in [4.78, 5) is 21.2. The van der Waals surface area contributed by atoms with Gasteiger partial charge in [-0.3, -0.25) is 4.79 Å². The molecule has 0 radical (unpaired) electrons. The molecule has 17 heavy (non-hydrogen) atoms. The number of aromatic nitrogens is 3. The van der Waals surface area contributed by atoms with Crippen LogP contribution in [0.5, 0.6) is 0 Å². The first kappa shape index (κ1) is 11.9. The minimum Gasteiger partial charge on any atom is -0.383 e. The molecule has 0 unspecified atom stereocenters. The Bertz CT molecular complexity index is 618. The predicted octanol–water partition coefficient (Wildman–Crippen LogP) is 1.69. The molecular formula is C9H6ClFN4OS. The summed E-state index contributed by atoms with van der Waals surface area (Å²) >= 11 is 6.43. The first-order valence-corrected chi connectivity index (χ1v) is 5.60. The summed E-state index contributed by atoms with van der Waals surface area (Å²) in [5.74, 6) is -0.529. The zero-order chi connectivity index (χ0) is 12.4. The van der Waals surface area contributed by atoms with Gasteiger partial charge in [0.05, 0.1) is 5.02 Å². The summed E-state index contributed by atoms with van der Waals surface area (Å²) in [6, 6.07) is 2.26. The summed E-state index contributed by atoms with van der Waals surface area (Å²) < 4.78 is 13.4. The van der Waals surface area contributed by atoms with Crippen molar-refractivity contribution in [3.8, 4) is 0 Å². The Morgan fingerprint density at radius 1 is 1.47 bits per heavy atom. The van der Waals surface area contributed by atoms with E-state index in [1.807, 2.05) is 0 Å². The highest BCUT2D eigenvalue weighted by Crippen LogP contribution is 2.26. The molecule has 0 aromatic carbocycles. The standard InChI is InChI=1S/C9H6ClFN4OS/c10-4-1-5(11)8(13-3-4)17-9-14-6(12)2-7(16)15-9/h1-3H,(H3,12,14,15,16). The van der Waals surface area contributed by atoms with Crippen molar-refractivity contribution in [2.24, 2.45) is 0 Å². The monoisotopic (exact) mass is 272 g/mol. The highest BCUT2D eigenvalue weighted by molar-refractivity contribution is 7.99. The molecule has 2 rings (SSSR count). The third-order valence-electron chi connectivity index (χ3n) is 1.71. The Labute approximate surface area is 104 Å². The van der Waals surface area contributed by atoms with Gasteiger partial charge in [-0.05, 0) is 17.8 Å². The van der Waals surface area contributed by atoms with Crippen molar-refractivity contribution in [1.29, 1.82) is 0 Å². The third kappa shape index (κ3) is 2.95. The number of pyridine rings is 1. The first-order valence-electron chi connectivity index (χ1n) is 4.40. The Morgan fingerprint density at radius 2 is 2.24 bits per heavy atom. The molecule has 0 spiro atoms. The predicted molar refractivity (Wildman–Crippen MR) is 62.6 cm³/mol. The van der Waals surface area contributed by atoms with E-state index in [2.05, 4.69) is 15.0 Å². The average molecular weight is 273 g/mol. The molecule has 88 valence electrons. The van der Waals surface area contributed by atoms with Gasteiger partial charge in [0.1, 0.15) is 10.8 Å². The van der Waals surface area contributed by atoms with Crippen LogP contribution in [0, 0.1) is 5.82 Å². The number of H-pyrrole nitrogens is 1. The van der Waals surface area contributed by atoms with Crippen LogP contribution in [0.25, 0.3) is 0 Å². The van der Waals surface area contributed by atoms with Gasteiger partial charge in [0, 0.05) is 12.3 Å². The molecule has 0 aliphatic carbocycles. The quantitative estimate of drug-likeness (QED) is 0.813. The van der Waals surface area contributed by atoms with Gasteiger partial charge in [-0.2, -0.15) is 0 Å². The number of anilines is 1. The number of nitrogens with zero attached hydrogens (tertiary/aromatic N) is 2. The van der Waals surface area contributed by atoms with E-state index in [9.17, 15) is 9.18 Å². The molecule has 0 saturated carbocycles. The smallest absolute Gasteiger partial charge is 0.253 e. The lowest BCUT2D eigenvalue weighted by Crippen LogP contribution is -2.09. The van der Waals surface area contributed by atoms with E-state index in [0.29, 0.717) is 0 Å². The number of halogens is 2. The molecular weight excluding hydrogens is 267 g/mol. The Hall–Kier alpha value is -1.60. The third-order valence-corrected chi connectivity index (χ3v) is 2.79. The molecule has 2 aromatic heterocycles. The van der Waals surface area contributed by atoms with Gasteiger partial charge in [-0.15, -0.1) is 0 Å². The van der Waals surface area contributed by atoms with Crippen molar-refractivity contribution in [2.75, 3.05) is 5.73 Å². The maximum absolute atomic E-state index is 13.4. The number of hydrogen-bond donors (Lipinski definition) is 2. The zero-order valence-corrected chi connectivity index (χ0v) is 9.85. The van der Waals surface area contributed by atoms with Gasteiger partial charge in [-0.1, -0.05) is 11.6 Å². The van der Waals surface area contributed by atoms with E-state index in [1.54, 1.807) is 0 Å². The van der Waals surface area contributed by atoms with Crippen LogP contribution in [0.15, 0.2) is 33.3 Å². The van der Waals surface area contributed by atoms with Crippen LogP contribution >= 0.6 is 23.4 Å². The summed E-state index contributed by atoms with van der Waals surface area (Å²) in [5.41, 5.74) is 4.99. The summed E-state index contributed by atoms with van der Waals surface area (Å²) in [7, 11) is 0. The highest BCUT2D eigenvalue weighted by Gasteiger charge is 2.09. The second kappa shape index (κ2) is 4.72. The molecule has 0 bridgehead atoms. The van der Waals surface area contributed by atoms with Gasteiger partial charge in [0.2, 0.25) is 0 Å². The van der Waals surface area contributed by atoms with Gasteiger partial charge >= 0.3 is 0 Å². The van der Waals surface area contributed by atoms with Crippen molar-refractivity contribution in [2.45, 2.75) is 10.2 Å². The van der Waals surface area contributed by atoms with E-state index < -0.39 is 11.4 Å². The number of hydrogen-bond acceptors (Lipinski definition) is 5. The van der Waals surface area contributed by atoms with E-state index in [4.69, 9.17) is 17.3 Å². The topological polar surface area (TPSA) is 84.7 Å². The summed E-state index contributed by atoms with van der Waals surface area (Å²) in [5, 5.41) is 0.424. The Morgan fingerprint density at radius 3 is 2.88 bits per heavy atom. The van der Waals surface area contributed by atoms with Crippen LogP contribution in [-0.2, 0) is 0 Å². The van der Waals surface area contributed by atoms with Crippen LogP contribution in [-0.4, -0.2) is 15.0 Å². The molecule has 2 heterocycles. The first-order chi connectivity index (χ1) is 8.04. The highest BCUT2D eigenvalue weighted by atomic mass is 35.5. The van der Waals surface area contributed by atoms with Crippen LogP contribution in [0.3, 0.4) is 0 Å². The molecule has 8 heteroatoms. The molecule has 0 fully saturated rings. The number of aromatic amines is 1. The van der Waals surface area contributed by atoms with Crippen LogP contribution in [0.1, 0.15) is 0 Å². The molecule has 5 nitrogen and oxygen atoms in total. The maximum Gasteiger partial charge on any atom is 0.253 e. The number of nitrogens with one attached hydrogen (secondary N) is 1. The molecule has 0 aliphatic heterocycles. The SMILES string of the molecule is Nc1cc(=O)[nH]c(Sc2ncc(Cl)cc2F)n1. The van der Waals surface area contributed by atoms with E-state index in [1.165, 1.54) is 6.20 Å². The lowest BCUT2D eigenvalue weighted by atomic mass is 10.5. The van der Waals surface area contributed by atoms with Crippen molar-refractivity contribution in [3.05, 3.63) is 39.5 Å². The molecule has 0 saturated heterocycles. The minimum absolute atomic E-state index is 0.0585. The Balaban J connectivity index is 2.34. The van der Waals surface area contributed by atoms with E-state index in [-0.39, 0.29) is 21.0 Å². The molecule has 0 atom stereocenters. The van der Waals surface area contributed by atoms with Crippen molar-refractivity contribution in [3.63, 3.8) is 0 Å². The summed E-state index contributed by atoms with van der Waals surface area (Å²) in [6.07, 6.45) is 1.30. The molecule has 0 aliphatic rings. The lowest BCUT2D eigenvalue weighted by molar-refractivity contribution is 0.587. The van der Waals surface area contributed by atoms with Crippen LogP contribution in [0.4, 0.5) is 10.2 Å². The molecule has 3 N–H and O–H groups in total. The van der Waals surface area contributed by atoms with Crippen molar-refractivity contribution >= 4 is 29.2 Å². The van der Waals surface area contributed by atoms with Gasteiger partial charge in [0.25, 0.3) is 5.56 Å². The van der Waals surface area contributed by atoms with E-state index in [0.717, 1.165) is 23.9 Å². The lowest BCUT2D eigenvalue weighted by Gasteiger charge is -2.02. The second-order valence-corrected chi connectivity index (χ2v) is 4.43. The molecule has 2 aromatic rings. The van der Waals surface area contributed by atoms with Gasteiger partial charge < -0.3 is 10.7 Å².